The second kappa shape index (κ2) is 9.23. The molecule has 1 saturated heterocycles. The molecule has 0 saturated carbocycles. The van der Waals surface area contributed by atoms with Gasteiger partial charge in [-0.3, -0.25) is 18.9 Å². The van der Waals surface area contributed by atoms with E-state index < -0.39 is 6.10 Å². The largest absolute Gasteiger partial charge is 0.387 e. The average molecular weight is 467 g/mol. The number of aromatic nitrogens is 2. The van der Waals surface area contributed by atoms with Gasteiger partial charge in [0.1, 0.15) is 15.8 Å². The molecule has 9 heteroatoms. The van der Waals surface area contributed by atoms with Gasteiger partial charge in [-0.05, 0) is 37.1 Å². The van der Waals surface area contributed by atoms with E-state index in [4.69, 9.17) is 12.2 Å². The van der Waals surface area contributed by atoms with E-state index in [1.807, 2.05) is 50.2 Å². The van der Waals surface area contributed by atoms with Crippen LogP contribution in [0.1, 0.15) is 29.7 Å². The Kier molecular flexibility index (Phi) is 6.40. The van der Waals surface area contributed by atoms with Crippen molar-refractivity contribution in [3.8, 4) is 0 Å². The van der Waals surface area contributed by atoms with Gasteiger partial charge in [-0.2, -0.15) is 0 Å². The Morgan fingerprint density at radius 2 is 1.97 bits per heavy atom. The summed E-state index contributed by atoms with van der Waals surface area (Å²) in [6, 6.07) is 12.9. The Hall–Kier alpha value is -3.01. The maximum Gasteiger partial charge on any atom is 0.267 e. The van der Waals surface area contributed by atoms with Crippen LogP contribution in [0.15, 0.2) is 58.4 Å². The van der Waals surface area contributed by atoms with E-state index in [-0.39, 0.29) is 23.6 Å². The summed E-state index contributed by atoms with van der Waals surface area (Å²) < 4.78 is 1.92. The number of anilines is 1. The summed E-state index contributed by atoms with van der Waals surface area (Å²) in [7, 11) is 0. The summed E-state index contributed by atoms with van der Waals surface area (Å²) in [5.74, 6) is 0.0764. The number of benzene rings is 1. The van der Waals surface area contributed by atoms with Crippen LogP contribution >= 0.6 is 24.0 Å². The number of amides is 1. The van der Waals surface area contributed by atoms with Crippen molar-refractivity contribution >= 4 is 51.7 Å². The number of aliphatic hydroxyl groups is 1. The van der Waals surface area contributed by atoms with Gasteiger partial charge in [0.25, 0.3) is 11.5 Å². The maximum atomic E-state index is 13.4. The molecule has 0 aliphatic carbocycles. The molecule has 2 N–H and O–H groups in total. The molecule has 1 atom stereocenters. The van der Waals surface area contributed by atoms with Crippen LogP contribution < -0.4 is 10.9 Å². The number of aryl methyl sites for hydroxylation is 1. The molecule has 1 fully saturated rings. The standard InChI is InChI=1S/C23H22N4O3S2/c1-3-26-22(30)18(32-23(26)31)12-16-19(24-13-17(28)15-9-5-4-6-10-15)25-20-14(2)8-7-11-27(20)21(16)29/h4-12,17,24,28H,3,13H2,1-2H3. The zero-order valence-electron chi connectivity index (χ0n) is 17.6. The highest BCUT2D eigenvalue weighted by molar-refractivity contribution is 8.26. The third kappa shape index (κ3) is 4.19. The summed E-state index contributed by atoms with van der Waals surface area (Å²) in [6.45, 7) is 4.33. The quantitative estimate of drug-likeness (QED) is 0.425. The molecule has 3 aromatic rings. The fourth-order valence-electron chi connectivity index (χ4n) is 3.47. The van der Waals surface area contributed by atoms with Gasteiger partial charge in [-0.25, -0.2) is 4.98 Å². The van der Waals surface area contributed by atoms with Crippen LogP contribution in [0, 0.1) is 6.92 Å². The van der Waals surface area contributed by atoms with Gasteiger partial charge in [0.2, 0.25) is 0 Å². The summed E-state index contributed by atoms with van der Waals surface area (Å²) in [5.41, 5.74) is 2.02. The second-order valence-electron chi connectivity index (χ2n) is 7.30. The van der Waals surface area contributed by atoms with Crippen molar-refractivity contribution in [1.29, 1.82) is 0 Å². The fraction of sp³-hybridized carbons (Fsp3) is 0.217. The number of fused-ring (bicyclic) bond motifs is 1. The maximum absolute atomic E-state index is 13.4. The summed E-state index contributed by atoms with van der Waals surface area (Å²) >= 11 is 6.45. The van der Waals surface area contributed by atoms with Gasteiger partial charge >= 0.3 is 0 Å². The van der Waals surface area contributed by atoms with Crippen molar-refractivity contribution < 1.29 is 9.90 Å². The van der Waals surface area contributed by atoms with E-state index in [9.17, 15) is 14.7 Å². The minimum atomic E-state index is -0.792. The van der Waals surface area contributed by atoms with Gasteiger partial charge in [0.15, 0.2) is 0 Å². The van der Waals surface area contributed by atoms with Crippen molar-refractivity contribution in [1.82, 2.24) is 14.3 Å². The first-order valence-electron chi connectivity index (χ1n) is 10.1. The number of pyridine rings is 1. The number of nitrogens with one attached hydrogen (secondary N) is 1. The highest BCUT2D eigenvalue weighted by Crippen LogP contribution is 2.32. The van der Waals surface area contributed by atoms with Crippen molar-refractivity contribution in [2.75, 3.05) is 18.4 Å². The number of thiocarbonyl (C=S) groups is 1. The number of rotatable bonds is 6. The Morgan fingerprint density at radius 1 is 1.22 bits per heavy atom. The molecule has 2 aromatic heterocycles. The first kappa shape index (κ1) is 22.2. The van der Waals surface area contributed by atoms with Crippen LogP contribution in [-0.4, -0.2) is 42.7 Å². The zero-order chi connectivity index (χ0) is 22.8. The average Bonchev–Trinajstić information content (AvgIpc) is 3.07. The van der Waals surface area contributed by atoms with Gasteiger partial charge in [-0.1, -0.05) is 60.4 Å². The normalized spacial score (nSPS) is 16.2. The van der Waals surface area contributed by atoms with E-state index in [1.165, 1.54) is 15.4 Å². The zero-order valence-corrected chi connectivity index (χ0v) is 19.2. The Balaban J connectivity index is 1.78. The molecule has 164 valence electrons. The van der Waals surface area contributed by atoms with E-state index >= 15 is 0 Å². The Morgan fingerprint density at radius 3 is 2.66 bits per heavy atom. The van der Waals surface area contributed by atoms with E-state index in [1.54, 1.807) is 12.3 Å². The van der Waals surface area contributed by atoms with Gasteiger partial charge in [0, 0.05) is 19.3 Å². The molecule has 0 bridgehead atoms. The number of carbonyl (C=O) groups excluding carboxylic acids is 1. The van der Waals surface area contributed by atoms with Crippen LogP contribution in [0.3, 0.4) is 0 Å². The molecule has 1 aliphatic rings. The van der Waals surface area contributed by atoms with Crippen LogP contribution in [0.4, 0.5) is 5.82 Å². The molecule has 3 heterocycles. The molecule has 7 nitrogen and oxygen atoms in total. The highest BCUT2D eigenvalue weighted by atomic mass is 32.2. The van der Waals surface area contributed by atoms with Crippen molar-refractivity contribution in [3.63, 3.8) is 0 Å². The minimum absolute atomic E-state index is 0.148. The summed E-state index contributed by atoms with van der Waals surface area (Å²) in [4.78, 5) is 32.6. The summed E-state index contributed by atoms with van der Waals surface area (Å²) in [6.07, 6.45) is 2.39. The monoisotopic (exact) mass is 466 g/mol. The topological polar surface area (TPSA) is 86.9 Å². The number of thioether (sulfide) groups is 1. The number of hydrogen-bond donors (Lipinski definition) is 2. The predicted octanol–water partition coefficient (Wildman–Crippen LogP) is 3.37. The Labute approximate surface area is 194 Å². The first-order valence-corrected chi connectivity index (χ1v) is 11.4. The van der Waals surface area contributed by atoms with Gasteiger partial charge in [-0.15, -0.1) is 0 Å². The minimum Gasteiger partial charge on any atom is -0.387 e. The molecular formula is C23H22N4O3S2. The molecule has 0 radical (unpaired) electrons. The fourth-order valence-corrected chi connectivity index (χ4v) is 4.83. The van der Waals surface area contributed by atoms with Crippen LogP contribution in [-0.2, 0) is 4.79 Å². The SMILES string of the molecule is CCN1C(=O)C(=Cc2c(NCC(O)c3ccccc3)nc3c(C)cccn3c2=O)SC1=S. The first-order chi connectivity index (χ1) is 15.4. The molecule has 1 amide bonds. The number of nitrogens with zero attached hydrogens (tertiary/aromatic N) is 3. The third-order valence-corrected chi connectivity index (χ3v) is 6.57. The smallest absolute Gasteiger partial charge is 0.267 e. The summed E-state index contributed by atoms with van der Waals surface area (Å²) in [5, 5.41) is 13.7. The van der Waals surface area contributed by atoms with Crippen LogP contribution in [0.25, 0.3) is 11.7 Å². The van der Waals surface area contributed by atoms with Gasteiger partial charge in [0.05, 0.1) is 16.6 Å². The lowest BCUT2D eigenvalue weighted by Gasteiger charge is -2.15. The lowest BCUT2D eigenvalue weighted by molar-refractivity contribution is -0.121. The lowest BCUT2D eigenvalue weighted by Crippen LogP contribution is -2.27. The highest BCUT2D eigenvalue weighted by Gasteiger charge is 2.31. The lowest BCUT2D eigenvalue weighted by atomic mass is 10.1. The second-order valence-corrected chi connectivity index (χ2v) is 8.97. The predicted molar refractivity (Wildman–Crippen MR) is 132 cm³/mol. The molecule has 1 aromatic carbocycles. The number of likely N-dealkylation sites (N-methyl/N-ethyl adjacent to an activating group) is 1. The van der Waals surface area contributed by atoms with E-state index in [2.05, 4.69) is 10.3 Å². The molecule has 0 spiro atoms. The van der Waals surface area contributed by atoms with Crippen LogP contribution in [0.5, 0.6) is 0 Å². The third-order valence-electron chi connectivity index (χ3n) is 5.20. The molecule has 32 heavy (non-hydrogen) atoms. The molecule has 4 rings (SSSR count). The van der Waals surface area contributed by atoms with E-state index in [0.29, 0.717) is 27.2 Å². The van der Waals surface area contributed by atoms with E-state index in [0.717, 1.165) is 22.9 Å². The molecular weight excluding hydrogens is 444 g/mol. The molecule has 1 aliphatic heterocycles. The molecule has 1 unspecified atom stereocenters. The van der Waals surface area contributed by atoms with Crippen molar-refractivity contribution in [2.24, 2.45) is 0 Å². The number of carbonyl (C=O) groups is 1. The van der Waals surface area contributed by atoms with Crippen molar-refractivity contribution in [3.05, 3.63) is 80.6 Å². The van der Waals surface area contributed by atoms with Crippen molar-refractivity contribution in [2.45, 2.75) is 20.0 Å². The number of hydrogen-bond acceptors (Lipinski definition) is 7. The van der Waals surface area contributed by atoms with Gasteiger partial charge < -0.3 is 10.4 Å². The Bertz CT molecular complexity index is 1290. The number of aliphatic hydroxyl groups excluding tert-OH is 1. The van der Waals surface area contributed by atoms with Crippen LogP contribution in [0.2, 0.25) is 0 Å².